The molecule has 0 radical (unpaired) electrons. The van der Waals surface area contributed by atoms with Crippen LogP contribution in [0.15, 0.2) is 22.9 Å². The Morgan fingerprint density at radius 1 is 1.09 bits per heavy atom. The van der Waals surface area contributed by atoms with Gasteiger partial charge >= 0.3 is 0 Å². The Kier molecular flexibility index (Phi) is 8.33. The van der Waals surface area contributed by atoms with Gasteiger partial charge < -0.3 is 25.0 Å². The summed E-state index contributed by atoms with van der Waals surface area (Å²) in [6, 6.07) is 4.03. The minimum absolute atomic E-state index is 0.0843. The van der Waals surface area contributed by atoms with Crippen LogP contribution in [0.25, 0.3) is 0 Å². The minimum atomic E-state index is -0.574. The molecular formula is C25H37N7O3. The molecule has 1 aliphatic carbocycles. The number of hydrogen-bond acceptors (Lipinski definition) is 8. The summed E-state index contributed by atoms with van der Waals surface area (Å²) in [6.45, 7) is 5.97. The molecule has 35 heavy (non-hydrogen) atoms. The fraction of sp³-hybridized carbons (Fsp3) is 0.640. The Morgan fingerprint density at radius 3 is 2.49 bits per heavy atom. The molecule has 10 nitrogen and oxygen atoms in total. The van der Waals surface area contributed by atoms with Crippen LogP contribution in [0, 0.1) is 0 Å². The molecule has 0 unspecified atom stereocenters. The number of nitrogens with zero attached hydrogens (tertiary/aromatic N) is 5. The highest BCUT2D eigenvalue weighted by Crippen LogP contribution is 2.34. The monoisotopic (exact) mass is 483 g/mol. The number of nitrogens with one attached hydrogen (secondary N) is 2. The summed E-state index contributed by atoms with van der Waals surface area (Å²) in [6.07, 6.45) is 8.33. The Labute approximate surface area is 206 Å². The van der Waals surface area contributed by atoms with E-state index in [9.17, 15) is 9.59 Å². The summed E-state index contributed by atoms with van der Waals surface area (Å²) in [5, 5.41) is 10.2. The minimum Gasteiger partial charge on any atom is -0.354 e. The third kappa shape index (κ3) is 6.78. The molecule has 3 heterocycles. The first kappa shape index (κ1) is 25.1. The van der Waals surface area contributed by atoms with Crippen molar-refractivity contribution in [1.29, 1.82) is 0 Å². The third-order valence-electron chi connectivity index (χ3n) is 6.96. The van der Waals surface area contributed by atoms with Gasteiger partial charge in [0.15, 0.2) is 5.82 Å². The van der Waals surface area contributed by atoms with Crippen molar-refractivity contribution in [2.45, 2.75) is 70.4 Å². The lowest BCUT2D eigenvalue weighted by Gasteiger charge is -2.33. The standard InChI is InChI=1S/C25H37N7O3/c1-19(33)29-25(11-5-3-4-6-12-25)24-28-23(35-30-24)10-9-22(34)27-18-20-7-8-21(26-17-20)32-15-13-31(2)14-16-32/h7-8,17H,3-6,9-16,18H2,1-2H3,(H,27,34)(H,29,33). The van der Waals surface area contributed by atoms with Gasteiger partial charge in [-0.15, -0.1) is 0 Å². The van der Waals surface area contributed by atoms with Gasteiger partial charge in [-0.25, -0.2) is 4.98 Å². The largest absolute Gasteiger partial charge is 0.354 e. The molecule has 2 aromatic rings. The Morgan fingerprint density at radius 2 is 1.83 bits per heavy atom. The first-order valence-electron chi connectivity index (χ1n) is 12.7. The molecule has 2 amide bonds. The predicted molar refractivity (Wildman–Crippen MR) is 132 cm³/mol. The first-order chi connectivity index (χ1) is 16.9. The number of piperazine rings is 1. The molecule has 2 aromatic heterocycles. The molecule has 1 saturated carbocycles. The van der Waals surface area contributed by atoms with Gasteiger partial charge in [0.05, 0.1) is 0 Å². The molecule has 4 rings (SSSR count). The predicted octanol–water partition coefficient (Wildman–Crippen LogP) is 2.15. The number of amides is 2. The van der Waals surface area contributed by atoms with Gasteiger partial charge in [0.1, 0.15) is 11.4 Å². The molecule has 2 aliphatic rings. The lowest BCUT2D eigenvalue weighted by atomic mass is 9.89. The Hall–Kier alpha value is -3.01. The van der Waals surface area contributed by atoms with Crippen molar-refractivity contribution in [3.63, 3.8) is 0 Å². The van der Waals surface area contributed by atoms with Gasteiger partial charge in [0.25, 0.3) is 0 Å². The SMILES string of the molecule is CC(=O)NC1(c2noc(CCC(=O)NCc3ccc(N4CCN(C)CC4)nc3)n2)CCCCCC1. The maximum absolute atomic E-state index is 12.4. The molecule has 0 spiro atoms. The van der Waals surface area contributed by atoms with E-state index in [0.29, 0.717) is 24.7 Å². The van der Waals surface area contributed by atoms with E-state index in [1.165, 1.54) is 6.92 Å². The number of hydrogen-bond donors (Lipinski definition) is 2. The topological polar surface area (TPSA) is 116 Å². The number of carbonyl (C=O) groups is 2. The van der Waals surface area contributed by atoms with Crippen molar-refractivity contribution in [2.24, 2.45) is 0 Å². The molecule has 190 valence electrons. The molecule has 10 heteroatoms. The van der Waals surface area contributed by atoms with Crippen molar-refractivity contribution in [3.8, 4) is 0 Å². The molecule has 1 saturated heterocycles. The van der Waals surface area contributed by atoms with Crippen molar-refractivity contribution in [1.82, 2.24) is 30.7 Å². The number of pyridine rings is 1. The highest BCUT2D eigenvalue weighted by molar-refractivity contribution is 5.76. The van der Waals surface area contributed by atoms with Gasteiger partial charge in [0, 0.05) is 58.7 Å². The number of aromatic nitrogens is 3. The van der Waals surface area contributed by atoms with E-state index in [1.54, 1.807) is 0 Å². The highest BCUT2D eigenvalue weighted by atomic mass is 16.5. The van der Waals surface area contributed by atoms with Crippen LogP contribution in [-0.4, -0.2) is 65.1 Å². The zero-order valence-electron chi connectivity index (χ0n) is 20.9. The van der Waals surface area contributed by atoms with Crippen LogP contribution in [0.4, 0.5) is 5.82 Å². The zero-order chi connectivity index (χ0) is 24.7. The summed E-state index contributed by atoms with van der Waals surface area (Å²) < 4.78 is 5.45. The fourth-order valence-electron chi connectivity index (χ4n) is 4.88. The number of carbonyl (C=O) groups excluding carboxylic acids is 2. The van der Waals surface area contributed by atoms with E-state index in [2.05, 4.69) is 42.6 Å². The highest BCUT2D eigenvalue weighted by Gasteiger charge is 2.38. The molecule has 1 aliphatic heterocycles. The average molecular weight is 484 g/mol. The second-order valence-electron chi connectivity index (χ2n) is 9.78. The Balaban J connectivity index is 1.26. The smallest absolute Gasteiger partial charge is 0.227 e. The van der Waals surface area contributed by atoms with E-state index >= 15 is 0 Å². The van der Waals surface area contributed by atoms with Crippen LogP contribution in [0.2, 0.25) is 0 Å². The van der Waals surface area contributed by atoms with Gasteiger partial charge in [0.2, 0.25) is 17.7 Å². The maximum atomic E-state index is 12.4. The van der Waals surface area contributed by atoms with E-state index in [-0.39, 0.29) is 18.2 Å². The molecule has 2 fully saturated rings. The summed E-state index contributed by atoms with van der Waals surface area (Å²) in [4.78, 5) is 38.0. The molecule has 0 bridgehead atoms. The van der Waals surface area contributed by atoms with E-state index in [1.807, 2.05) is 18.3 Å². The quantitative estimate of drug-likeness (QED) is 0.549. The number of likely N-dealkylation sites (N-methyl/N-ethyl adjacent to an activating group) is 1. The summed E-state index contributed by atoms with van der Waals surface area (Å²) >= 11 is 0. The summed E-state index contributed by atoms with van der Waals surface area (Å²) in [7, 11) is 2.13. The van der Waals surface area contributed by atoms with Crippen molar-refractivity contribution in [2.75, 3.05) is 38.1 Å². The average Bonchev–Trinajstić information content (AvgIpc) is 3.22. The second kappa shape index (κ2) is 11.6. The summed E-state index contributed by atoms with van der Waals surface area (Å²) in [5.74, 6) is 1.74. The van der Waals surface area contributed by atoms with Crippen LogP contribution >= 0.6 is 0 Å². The van der Waals surface area contributed by atoms with Crippen molar-refractivity contribution < 1.29 is 14.1 Å². The van der Waals surface area contributed by atoms with E-state index in [0.717, 1.165) is 76.1 Å². The van der Waals surface area contributed by atoms with E-state index in [4.69, 9.17) is 4.52 Å². The lowest BCUT2D eigenvalue weighted by Crippen LogP contribution is -2.45. The summed E-state index contributed by atoms with van der Waals surface area (Å²) in [5.41, 5.74) is 0.386. The van der Waals surface area contributed by atoms with Crippen LogP contribution in [0.3, 0.4) is 0 Å². The van der Waals surface area contributed by atoms with Gasteiger partial charge in [-0.2, -0.15) is 4.98 Å². The van der Waals surface area contributed by atoms with Crippen molar-refractivity contribution in [3.05, 3.63) is 35.6 Å². The van der Waals surface area contributed by atoms with Crippen LogP contribution < -0.4 is 15.5 Å². The fourth-order valence-corrected chi connectivity index (χ4v) is 4.88. The number of anilines is 1. The Bertz CT molecular complexity index is 975. The molecule has 0 atom stereocenters. The van der Waals surface area contributed by atoms with Crippen LogP contribution in [0.5, 0.6) is 0 Å². The number of rotatable bonds is 8. The van der Waals surface area contributed by atoms with Crippen molar-refractivity contribution >= 4 is 17.6 Å². The second-order valence-corrected chi connectivity index (χ2v) is 9.78. The molecule has 0 aromatic carbocycles. The molecular weight excluding hydrogens is 446 g/mol. The lowest BCUT2D eigenvalue weighted by molar-refractivity contribution is -0.122. The first-order valence-corrected chi connectivity index (χ1v) is 12.7. The van der Waals surface area contributed by atoms with Gasteiger partial charge in [-0.3, -0.25) is 9.59 Å². The molecule has 2 N–H and O–H groups in total. The van der Waals surface area contributed by atoms with E-state index < -0.39 is 5.54 Å². The zero-order valence-corrected chi connectivity index (χ0v) is 20.9. The van der Waals surface area contributed by atoms with Crippen LogP contribution in [-0.2, 0) is 28.1 Å². The normalized spacial score (nSPS) is 18.6. The van der Waals surface area contributed by atoms with Crippen LogP contribution in [0.1, 0.15) is 69.1 Å². The third-order valence-corrected chi connectivity index (χ3v) is 6.96. The maximum Gasteiger partial charge on any atom is 0.227 e. The number of aryl methyl sites for hydroxylation is 1. The van der Waals surface area contributed by atoms with Gasteiger partial charge in [-0.05, 0) is 31.5 Å². The van der Waals surface area contributed by atoms with Gasteiger partial charge in [-0.1, -0.05) is 36.9 Å².